The lowest BCUT2D eigenvalue weighted by Gasteiger charge is -2.34. The molecule has 0 aliphatic carbocycles. The molecule has 0 spiro atoms. The highest BCUT2D eigenvalue weighted by molar-refractivity contribution is 8.93. The predicted octanol–water partition coefficient (Wildman–Crippen LogP) is 1.45. The van der Waals surface area contributed by atoms with E-state index in [1.165, 1.54) is 6.54 Å². The van der Waals surface area contributed by atoms with Crippen molar-refractivity contribution in [2.45, 2.75) is 25.9 Å². The summed E-state index contributed by atoms with van der Waals surface area (Å²) in [6, 6.07) is 1.38. The van der Waals surface area contributed by atoms with Crippen LogP contribution in [0, 0.1) is 0 Å². The number of hydrogen-bond donors (Lipinski definition) is 1. The Bertz CT molecular complexity index is 100. The molecule has 0 radical (unpaired) electrons. The average molecular weight is 290 g/mol. The highest BCUT2D eigenvalue weighted by atomic mass is 79.9. The van der Waals surface area contributed by atoms with Gasteiger partial charge >= 0.3 is 0 Å². The van der Waals surface area contributed by atoms with Crippen molar-refractivity contribution >= 4 is 34.0 Å². The molecule has 1 fully saturated rings. The molecule has 0 unspecified atom stereocenters. The maximum atomic E-state index is 3.42. The minimum atomic E-state index is 0. The molecular formula is C7H18Br2N2. The molecule has 0 saturated carbocycles. The lowest BCUT2D eigenvalue weighted by molar-refractivity contribution is 0.182. The topological polar surface area (TPSA) is 15.3 Å². The van der Waals surface area contributed by atoms with Gasteiger partial charge < -0.3 is 10.2 Å². The van der Waals surface area contributed by atoms with E-state index >= 15 is 0 Å². The fraction of sp³-hybridized carbons (Fsp3) is 1.00. The molecule has 0 aromatic rings. The summed E-state index contributed by atoms with van der Waals surface area (Å²) in [6.45, 7) is 6.79. The van der Waals surface area contributed by atoms with Gasteiger partial charge in [-0.3, -0.25) is 0 Å². The molecule has 0 bridgehead atoms. The Labute approximate surface area is 90.3 Å². The fourth-order valence-corrected chi connectivity index (χ4v) is 1.20. The monoisotopic (exact) mass is 288 g/mol. The maximum Gasteiger partial charge on any atom is 0.0190 e. The average Bonchev–Trinajstić information content (AvgIpc) is 1.80. The number of nitrogens with one attached hydrogen (secondary N) is 1. The minimum Gasteiger partial charge on any atom is -0.311 e. The number of halogens is 2. The van der Waals surface area contributed by atoms with Crippen molar-refractivity contribution in [2.24, 2.45) is 0 Å². The second-order valence-electron chi connectivity index (χ2n) is 3.10. The van der Waals surface area contributed by atoms with E-state index in [0.717, 1.165) is 6.54 Å². The van der Waals surface area contributed by atoms with Crippen molar-refractivity contribution in [3.63, 3.8) is 0 Å². The summed E-state index contributed by atoms with van der Waals surface area (Å²) in [5, 5.41) is 3.42. The van der Waals surface area contributed by atoms with Crippen molar-refractivity contribution in [2.75, 3.05) is 20.1 Å². The summed E-state index contributed by atoms with van der Waals surface area (Å²) in [4.78, 5) is 2.39. The molecule has 70 valence electrons. The van der Waals surface area contributed by atoms with Crippen molar-refractivity contribution in [1.82, 2.24) is 10.2 Å². The minimum absolute atomic E-state index is 0. The Hall–Kier alpha value is 0.880. The summed E-state index contributed by atoms with van der Waals surface area (Å²) < 4.78 is 0. The molecule has 0 aromatic carbocycles. The number of likely N-dealkylation sites (N-methyl/N-ethyl adjacent to an activating group) is 1. The lowest BCUT2D eigenvalue weighted by atomic mass is 10.2. The number of hydrogen-bond acceptors (Lipinski definition) is 2. The summed E-state index contributed by atoms with van der Waals surface area (Å²) >= 11 is 0. The molecule has 1 heterocycles. The van der Waals surface area contributed by atoms with Crippen LogP contribution < -0.4 is 5.32 Å². The number of rotatable bonds is 0. The predicted molar refractivity (Wildman–Crippen MR) is 60.2 cm³/mol. The van der Waals surface area contributed by atoms with Crippen LogP contribution in [0.4, 0.5) is 0 Å². The van der Waals surface area contributed by atoms with E-state index in [1.54, 1.807) is 0 Å². The largest absolute Gasteiger partial charge is 0.311 e. The van der Waals surface area contributed by atoms with Gasteiger partial charge in [0.1, 0.15) is 0 Å². The molecule has 0 amide bonds. The summed E-state index contributed by atoms with van der Waals surface area (Å²) in [7, 11) is 2.18. The molecule has 1 aliphatic heterocycles. The van der Waals surface area contributed by atoms with Crippen molar-refractivity contribution in [3.05, 3.63) is 0 Å². The second-order valence-corrected chi connectivity index (χ2v) is 3.10. The van der Waals surface area contributed by atoms with Crippen LogP contribution in [0.5, 0.6) is 0 Å². The Morgan fingerprint density at radius 3 is 2.18 bits per heavy atom. The van der Waals surface area contributed by atoms with Gasteiger partial charge in [-0.2, -0.15) is 0 Å². The van der Waals surface area contributed by atoms with Crippen LogP contribution in [-0.4, -0.2) is 37.1 Å². The van der Waals surface area contributed by atoms with E-state index < -0.39 is 0 Å². The first kappa shape index (κ1) is 14.4. The molecule has 4 heteroatoms. The molecule has 1 aliphatic rings. The van der Waals surface area contributed by atoms with E-state index in [2.05, 4.69) is 31.1 Å². The van der Waals surface area contributed by atoms with E-state index in [1.807, 2.05) is 0 Å². The normalized spacial score (nSPS) is 31.9. The van der Waals surface area contributed by atoms with E-state index in [4.69, 9.17) is 0 Å². The fourth-order valence-electron chi connectivity index (χ4n) is 1.20. The van der Waals surface area contributed by atoms with Crippen LogP contribution in [0.3, 0.4) is 0 Å². The van der Waals surface area contributed by atoms with Gasteiger partial charge in [0.05, 0.1) is 0 Å². The highest BCUT2D eigenvalue weighted by Gasteiger charge is 2.17. The van der Waals surface area contributed by atoms with E-state index in [-0.39, 0.29) is 34.0 Å². The Balaban J connectivity index is 0. The van der Waals surface area contributed by atoms with E-state index in [0.29, 0.717) is 12.1 Å². The molecular weight excluding hydrogens is 272 g/mol. The maximum absolute atomic E-state index is 3.42. The molecule has 1 saturated heterocycles. The SMILES string of the molecule is Br.Br.C[C@H]1CN(C)[C@@H](C)CN1. The quantitative estimate of drug-likeness (QED) is 0.726. The molecule has 2 atom stereocenters. The van der Waals surface area contributed by atoms with Gasteiger partial charge in [0.2, 0.25) is 0 Å². The summed E-state index contributed by atoms with van der Waals surface area (Å²) in [5.41, 5.74) is 0. The van der Waals surface area contributed by atoms with Crippen LogP contribution >= 0.6 is 34.0 Å². The zero-order valence-electron chi connectivity index (χ0n) is 7.33. The zero-order chi connectivity index (χ0) is 6.85. The highest BCUT2D eigenvalue weighted by Crippen LogP contribution is 2.01. The van der Waals surface area contributed by atoms with Gasteiger partial charge in [0.25, 0.3) is 0 Å². The van der Waals surface area contributed by atoms with Crippen LogP contribution in [0.1, 0.15) is 13.8 Å². The second kappa shape index (κ2) is 6.40. The number of nitrogens with zero attached hydrogens (tertiary/aromatic N) is 1. The van der Waals surface area contributed by atoms with Crippen molar-refractivity contribution in [3.8, 4) is 0 Å². The standard InChI is InChI=1S/C7H16N2.2BrH/c1-6-5-9(3)7(2)4-8-6;;/h6-8H,4-5H2,1-3H3;2*1H/t6-,7-;;/m0../s1. The van der Waals surface area contributed by atoms with E-state index in [9.17, 15) is 0 Å². The van der Waals surface area contributed by atoms with Gasteiger partial charge in [-0.25, -0.2) is 0 Å². The molecule has 11 heavy (non-hydrogen) atoms. The third-order valence-electron chi connectivity index (χ3n) is 2.08. The summed E-state index contributed by atoms with van der Waals surface area (Å²) in [6.07, 6.45) is 0. The third kappa shape index (κ3) is 4.45. The first-order valence-corrected chi connectivity index (χ1v) is 3.64. The molecule has 1 rings (SSSR count). The van der Waals surface area contributed by atoms with Crippen molar-refractivity contribution in [1.29, 1.82) is 0 Å². The lowest BCUT2D eigenvalue weighted by Crippen LogP contribution is -2.52. The van der Waals surface area contributed by atoms with Crippen LogP contribution in [0.2, 0.25) is 0 Å². The number of piperazine rings is 1. The van der Waals surface area contributed by atoms with Gasteiger partial charge in [0.15, 0.2) is 0 Å². The zero-order valence-corrected chi connectivity index (χ0v) is 10.8. The van der Waals surface area contributed by atoms with Gasteiger partial charge in [-0.05, 0) is 20.9 Å². The molecule has 0 aromatic heterocycles. The van der Waals surface area contributed by atoms with Gasteiger partial charge in [0, 0.05) is 25.2 Å². The smallest absolute Gasteiger partial charge is 0.0190 e. The molecule has 2 nitrogen and oxygen atoms in total. The Morgan fingerprint density at radius 2 is 1.82 bits per heavy atom. The van der Waals surface area contributed by atoms with Gasteiger partial charge in [-0.15, -0.1) is 34.0 Å². The Kier molecular flexibility index (Phi) is 8.38. The first-order valence-electron chi connectivity index (χ1n) is 3.64. The Morgan fingerprint density at radius 1 is 1.27 bits per heavy atom. The first-order chi connectivity index (χ1) is 4.20. The van der Waals surface area contributed by atoms with Crippen molar-refractivity contribution < 1.29 is 0 Å². The van der Waals surface area contributed by atoms with Crippen LogP contribution in [-0.2, 0) is 0 Å². The van der Waals surface area contributed by atoms with Gasteiger partial charge in [-0.1, -0.05) is 0 Å². The molecule has 1 N–H and O–H groups in total. The van der Waals surface area contributed by atoms with Crippen LogP contribution in [0.15, 0.2) is 0 Å². The van der Waals surface area contributed by atoms with Crippen LogP contribution in [0.25, 0.3) is 0 Å². The third-order valence-corrected chi connectivity index (χ3v) is 2.08. The summed E-state index contributed by atoms with van der Waals surface area (Å²) in [5.74, 6) is 0.